The average Bonchev–Trinajstić information content (AvgIpc) is 2.46. The lowest BCUT2D eigenvalue weighted by Crippen LogP contribution is -2.38. The summed E-state index contributed by atoms with van der Waals surface area (Å²) < 4.78 is 24.9. The van der Waals surface area contributed by atoms with Crippen molar-refractivity contribution in [1.29, 1.82) is 0 Å². The van der Waals surface area contributed by atoms with Crippen molar-refractivity contribution in [3.8, 4) is 0 Å². The molecule has 0 spiro atoms. The van der Waals surface area contributed by atoms with E-state index in [2.05, 4.69) is 5.32 Å². The third kappa shape index (κ3) is 7.58. The van der Waals surface area contributed by atoms with E-state index >= 15 is 0 Å². The minimum Gasteiger partial charge on any atom is -0.350 e. The lowest BCUT2D eigenvalue weighted by atomic mass is 10.1. The van der Waals surface area contributed by atoms with Gasteiger partial charge in [-0.1, -0.05) is 30.3 Å². The summed E-state index contributed by atoms with van der Waals surface area (Å²) in [5.74, 6) is -0.153. The maximum atomic E-state index is 12.1. The third-order valence-electron chi connectivity index (χ3n) is 3.53. The quantitative estimate of drug-likeness (QED) is 0.730. The van der Waals surface area contributed by atoms with Crippen molar-refractivity contribution in [3.63, 3.8) is 0 Å². The zero-order chi connectivity index (χ0) is 17.5. The number of amides is 1. The molecule has 0 aliphatic carbocycles. The van der Waals surface area contributed by atoms with Crippen LogP contribution in [0.5, 0.6) is 0 Å². The van der Waals surface area contributed by atoms with Crippen LogP contribution in [0.15, 0.2) is 30.3 Å². The Balaban J connectivity index is 2.52. The number of nitrogens with one attached hydrogen (secondary N) is 1. The lowest BCUT2D eigenvalue weighted by Gasteiger charge is -2.22. The maximum absolute atomic E-state index is 12.1. The van der Waals surface area contributed by atoms with Crippen molar-refractivity contribution < 1.29 is 13.2 Å². The van der Waals surface area contributed by atoms with Crippen LogP contribution in [0.3, 0.4) is 0 Å². The molecule has 0 aromatic heterocycles. The highest BCUT2D eigenvalue weighted by Gasteiger charge is 2.18. The molecular weight excluding hydrogens is 314 g/mol. The van der Waals surface area contributed by atoms with E-state index in [0.29, 0.717) is 13.1 Å². The number of carbonyl (C=O) groups excluding carboxylic acids is 1. The molecule has 1 N–H and O–H groups in total. The minimum absolute atomic E-state index is 0.0999. The number of hydrogen-bond donors (Lipinski definition) is 1. The van der Waals surface area contributed by atoms with E-state index in [1.165, 1.54) is 10.6 Å². The Kier molecular flexibility index (Phi) is 7.67. The predicted molar refractivity (Wildman–Crippen MR) is 92.6 cm³/mol. The molecule has 1 atom stereocenters. The summed E-state index contributed by atoms with van der Waals surface area (Å²) in [7, 11) is 0.457. The van der Waals surface area contributed by atoms with Crippen molar-refractivity contribution in [2.45, 2.75) is 19.4 Å². The normalized spacial score (nSPS) is 13.3. The van der Waals surface area contributed by atoms with Gasteiger partial charge in [-0.15, -0.1) is 0 Å². The SMILES string of the molecule is CC(NC(=O)CCN(CCN(C)C)S(C)(=O)=O)c1ccccc1. The van der Waals surface area contributed by atoms with Crippen molar-refractivity contribution in [3.05, 3.63) is 35.9 Å². The molecule has 1 aromatic carbocycles. The maximum Gasteiger partial charge on any atom is 0.221 e. The van der Waals surface area contributed by atoms with Crippen LogP contribution in [0.2, 0.25) is 0 Å². The second-order valence-corrected chi connectivity index (χ2v) is 7.90. The van der Waals surface area contributed by atoms with Gasteiger partial charge >= 0.3 is 0 Å². The molecule has 0 saturated carbocycles. The van der Waals surface area contributed by atoms with Crippen LogP contribution in [0.25, 0.3) is 0 Å². The van der Waals surface area contributed by atoms with Crippen molar-refractivity contribution in [2.75, 3.05) is 40.0 Å². The fraction of sp³-hybridized carbons (Fsp3) is 0.562. The molecule has 0 saturated heterocycles. The van der Waals surface area contributed by atoms with Gasteiger partial charge in [0.15, 0.2) is 0 Å². The summed E-state index contributed by atoms with van der Waals surface area (Å²) in [6, 6.07) is 9.56. The molecular formula is C16H27N3O3S. The van der Waals surface area contributed by atoms with Gasteiger partial charge in [-0.3, -0.25) is 4.79 Å². The molecule has 23 heavy (non-hydrogen) atoms. The first-order valence-corrected chi connectivity index (χ1v) is 9.49. The first kappa shape index (κ1) is 19.6. The van der Waals surface area contributed by atoms with E-state index in [0.717, 1.165) is 5.56 Å². The molecule has 1 unspecified atom stereocenters. The molecule has 0 aliphatic heterocycles. The molecule has 1 amide bonds. The Labute approximate surface area is 139 Å². The predicted octanol–water partition coefficient (Wildman–Crippen LogP) is 1.08. The fourth-order valence-electron chi connectivity index (χ4n) is 2.12. The van der Waals surface area contributed by atoms with Crippen LogP contribution in [-0.2, 0) is 14.8 Å². The first-order chi connectivity index (χ1) is 10.7. The summed E-state index contributed by atoms with van der Waals surface area (Å²) >= 11 is 0. The molecule has 6 nitrogen and oxygen atoms in total. The molecule has 0 radical (unpaired) electrons. The van der Waals surface area contributed by atoms with Gasteiger partial charge in [-0.25, -0.2) is 12.7 Å². The molecule has 0 bridgehead atoms. The van der Waals surface area contributed by atoms with E-state index in [1.807, 2.05) is 56.3 Å². The van der Waals surface area contributed by atoms with E-state index in [1.54, 1.807) is 0 Å². The Bertz CT molecular complexity index is 588. The standard InChI is InChI=1S/C16H27N3O3S/c1-14(15-8-6-5-7-9-15)17-16(20)10-11-19(23(4,21)22)13-12-18(2)3/h5-9,14H,10-13H2,1-4H3,(H,17,20). The molecule has 0 aliphatic rings. The molecule has 1 rings (SSSR count). The number of benzene rings is 1. The molecule has 0 heterocycles. The second kappa shape index (κ2) is 9.00. The number of nitrogens with zero attached hydrogens (tertiary/aromatic N) is 2. The Morgan fingerprint density at radius 2 is 1.74 bits per heavy atom. The van der Waals surface area contributed by atoms with Crippen molar-refractivity contribution in [1.82, 2.24) is 14.5 Å². The van der Waals surface area contributed by atoms with Gasteiger partial charge in [0.25, 0.3) is 0 Å². The number of hydrogen-bond acceptors (Lipinski definition) is 4. The van der Waals surface area contributed by atoms with Crippen LogP contribution in [0, 0.1) is 0 Å². The van der Waals surface area contributed by atoms with Crippen molar-refractivity contribution in [2.24, 2.45) is 0 Å². The number of sulfonamides is 1. The highest BCUT2D eigenvalue weighted by Crippen LogP contribution is 2.11. The fourth-order valence-corrected chi connectivity index (χ4v) is 2.96. The topological polar surface area (TPSA) is 69.7 Å². The van der Waals surface area contributed by atoms with E-state index in [4.69, 9.17) is 0 Å². The molecule has 7 heteroatoms. The summed E-state index contributed by atoms with van der Waals surface area (Å²) in [6.45, 7) is 3.11. The monoisotopic (exact) mass is 341 g/mol. The Morgan fingerprint density at radius 3 is 2.26 bits per heavy atom. The number of carbonyl (C=O) groups is 1. The molecule has 0 fully saturated rings. The van der Waals surface area contributed by atoms with Crippen LogP contribution in [0.4, 0.5) is 0 Å². The minimum atomic E-state index is -3.31. The van der Waals surface area contributed by atoms with E-state index < -0.39 is 10.0 Å². The van der Waals surface area contributed by atoms with Gasteiger partial charge in [0, 0.05) is 26.1 Å². The largest absolute Gasteiger partial charge is 0.350 e. The van der Waals surface area contributed by atoms with Crippen LogP contribution in [-0.4, -0.2) is 63.5 Å². The second-order valence-electron chi connectivity index (χ2n) is 5.92. The van der Waals surface area contributed by atoms with Crippen LogP contribution >= 0.6 is 0 Å². The number of likely N-dealkylation sites (N-methyl/N-ethyl adjacent to an activating group) is 1. The zero-order valence-electron chi connectivity index (χ0n) is 14.3. The Hall–Kier alpha value is -1.44. The van der Waals surface area contributed by atoms with Gasteiger partial charge in [0.1, 0.15) is 0 Å². The summed E-state index contributed by atoms with van der Waals surface area (Å²) in [5.41, 5.74) is 1.02. The van der Waals surface area contributed by atoms with Gasteiger partial charge in [0.05, 0.1) is 12.3 Å². The zero-order valence-corrected chi connectivity index (χ0v) is 15.1. The average molecular weight is 341 g/mol. The third-order valence-corrected chi connectivity index (χ3v) is 4.83. The van der Waals surface area contributed by atoms with Gasteiger partial charge in [0.2, 0.25) is 15.9 Å². The smallest absolute Gasteiger partial charge is 0.221 e. The van der Waals surface area contributed by atoms with Crippen LogP contribution in [0.1, 0.15) is 24.9 Å². The number of rotatable bonds is 9. The molecule has 130 valence electrons. The molecule has 1 aromatic rings. The Morgan fingerprint density at radius 1 is 1.13 bits per heavy atom. The van der Waals surface area contributed by atoms with Crippen molar-refractivity contribution >= 4 is 15.9 Å². The van der Waals surface area contributed by atoms with Gasteiger partial charge in [-0.2, -0.15) is 0 Å². The van der Waals surface area contributed by atoms with Gasteiger partial charge in [-0.05, 0) is 26.6 Å². The van der Waals surface area contributed by atoms with Crippen LogP contribution < -0.4 is 5.32 Å². The summed E-state index contributed by atoms with van der Waals surface area (Å²) in [4.78, 5) is 14.0. The summed E-state index contributed by atoms with van der Waals surface area (Å²) in [5, 5.41) is 2.90. The highest BCUT2D eigenvalue weighted by atomic mass is 32.2. The van der Waals surface area contributed by atoms with E-state index in [-0.39, 0.29) is 24.9 Å². The van der Waals surface area contributed by atoms with Gasteiger partial charge < -0.3 is 10.2 Å². The lowest BCUT2D eigenvalue weighted by molar-refractivity contribution is -0.121. The first-order valence-electron chi connectivity index (χ1n) is 7.64. The summed E-state index contributed by atoms with van der Waals surface area (Å²) in [6.07, 6.45) is 1.32. The van der Waals surface area contributed by atoms with E-state index in [9.17, 15) is 13.2 Å². The highest BCUT2D eigenvalue weighted by molar-refractivity contribution is 7.88.